The first-order valence-electron chi connectivity index (χ1n) is 6.57. The van der Waals surface area contributed by atoms with Crippen LogP contribution in [0.2, 0.25) is 0 Å². The predicted molar refractivity (Wildman–Crippen MR) is 70.7 cm³/mol. The van der Waals surface area contributed by atoms with E-state index in [1.165, 1.54) is 28.4 Å². The number of rotatable bonds is 4. The summed E-state index contributed by atoms with van der Waals surface area (Å²) in [6, 6.07) is 0.562. The zero-order valence-corrected chi connectivity index (χ0v) is 11.1. The Morgan fingerprint density at radius 2 is 2.06 bits per heavy atom. The maximum absolute atomic E-state index is 11.8. The third-order valence-electron chi connectivity index (χ3n) is 4.01. The topological polar surface area (TPSA) is 56.0 Å². The molecule has 1 heterocycles. The molecule has 0 aliphatic heterocycles. The van der Waals surface area contributed by atoms with Gasteiger partial charge >= 0.3 is 11.1 Å². The van der Waals surface area contributed by atoms with Crippen LogP contribution >= 0.6 is 0 Å². The first-order valence-corrected chi connectivity index (χ1v) is 6.57. The number of nitrogens with zero attached hydrogens (tertiary/aromatic N) is 2. The van der Waals surface area contributed by atoms with E-state index in [9.17, 15) is 9.59 Å². The summed E-state index contributed by atoms with van der Waals surface area (Å²) in [6.45, 7) is 0.637. The van der Waals surface area contributed by atoms with Crippen LogP contribution in [0.1, 0.15) is 25.7 Å². The fourth-order valence-corrected chi connectivity index (χ4v) is 2.83. The van der Waals surface area contributed by atoms with E-state index < -0.39 is 11.1 Å². The number of hydrogen-bond acceptors (Lipinski definition) is 3. The second-order valence-corrected chi connectivity index (χ2v) is 5.09. The average Bonchev–Trinajstić information content (AvgIpc) is 2.82. The Balaban J connectivity index is 2.05. The predicted octanol–water partition coefficient (Wildman–Crippen LogP) is 0.325. The fourth-order valence-electron chi connectivity index (χ4n) is 2.83. The lowest BCUT2D eigenvalue weighted by molar-refractivity contribution is 0.374. The summed E-state index contributed by atoms with van der Waals surface area (Å²) in [5, 5.41) is 3.33. The summed E-state index contributed by atoms with van der Waals surface area (Å²) < 4.78 is 2.86. The lowest BCUT2D eigenvalue weighted by Gasteiger charge is -2.19. The summed E-state index contributed by atoms with van der Waals surface area (Å²) in [5.41, 5.74) is -0.868. The van der Waals surface area contributed by atoms with Gasteiger partial charge in [0, 0.05) is 32.0 Å². The van der Waals surface area contributed by atoms with Crippen LogP contribution in [-0.4, -0.2) is 22.2 Å². The van der Waals surface area contributed by atoms with Crippen LogP contribution in [0.5, 0.6) is 0 Å². The van der Waals surface area contributed by atoms with E-state index >= 15 is 0 Å². The second kappa shape index (κ2) is 5.52. The van der Waals surface area contributed by atoms with E-state index in [4.69, 9.17) is 0 Å². The van der Waals surface area contributed by atoms with E-state index in [1.54, 1.807) is 19.4 Å². The monoisotopic (exact) mass is 251 g/mol. The van der Waals surface area contributed by atoms with Gasteiger partial charge in [-0.05, 0) is 32.2 Å². The highest BCUT2D eigenvalue weighted by Crippen LogP contribution is 2.28. The molecule has 1 aliphatic carbocycles. The average molecular weight is 251 g/mol. The van der Waals surface area contributed by atoms with Crippen LogP contribution in [0.25, 0.3) is 0 Å². The molecule has 0 bridgehead atoms. The molecule has 100 valence electrons. The molecule has 2 unspecified atom stereocenters. The van der Waals surface area contributed by atoms with Gasteiger partial charge in [-0.25, -0.2) is 0 Å². The van der Waals surface area contributed by atoms with Crippen LogP contribution in [-0.2, 0) is 13.6 Å². The molecule has 18 heavy (non-hydrogen) atoms. The van der Waals surface area contributed by atoms with Crippen molar-refractivity contribution in [2.45, 2.75) is 38.3 Å². The lowest BCUT2D eigenvalue weighted by atomic mass is 10.00. The number of nitrogens with one attached hydrogen (secondary N) is 1. The molecule has 0 aromatic carbocycles. The highest BCUT2D eigenvalue weighted by atomic mass is 16.2. The number of aryl methyl sites for hydroxylation is 2. The molecule has 0 amide bonds. The zero-order chi connectivity index (χ0) is 13.1. The number of aromatic nitrogens is 2. The molecule has 2 rings (SSSR count). The molecule has 0 saturated heterocycles. The van der Waals surface area contributed by atoms with Crippen molar-refractivity contribution >= 4 is 0 Å². The maximum Gasteiger partial charge on any atom is 0.316 e. The molecule has 1 aromatic heterocycles. The van der Waals surface area contributed by atoms with Crippen molar-refractivity contribution in [2.24, 2.45) is 13.0 Å². The zero-order valence-electron chi connectivity index (χ0n) is 11.1. The van der Waals surface area contributed by atoms with Gasteiger partial charge in [-0.2, -0.15) is 0 Å². The van der Waals surface area contributed by atoms with Crippen LogP contribution < -0.4 is 16.4 Å². The quantitative estimate of drug-likeness (QED) is 0.784. The molecular weight excluding hydrogens is 230 g/mol. The molecular formula is C13H21N3O2. The minimum absolute atomic E-state index is 0.418. The summed E-state index contributed by atoms with van der Waals surface area (Å²) in [7, 11) is 3.59. The van der Waals surface area contributed by atoms with Gasteiger partial charge in [-0.15, -0.1) is 0 Å². The van der Waals surface area contributed by atoms with Crippen molar-refractivity contribution in [2.75, 3.05) is 7.05 Å². The van der Waals surface area contributed by atoms with Crippen LogP contribution in [0, 0.1) is 5.92 Å². The van der Waals surface area contributed by atoms with Crippen molar-refractivity contribution in [1.82, 2.24) is 14.5 Å². The minimum atomic E-state index is -0.450. The first-order chi connectivity index (χ1) is 8.63. The highest BCUT2D eigenvalue weighted by molar-refractivity contribution is 4.86. The van der Waals surface area contributed by atoms with E-state index in [1.807, 2.05) is 7.05 Å². The molecule has 1 aromatic rings. The van der Waals surface area contributed by atoms with Gasteiger partial charge in [-0.3, -0.25) is 9.59 Å². The molecule has 1 saturated carbocycles. The Bertz CT molecular complexity index is 518. The highest BCUT2D eigenvalue weighted by Gasteiger charge is 2.25. The van der Waals surface area contributed by atoms with Crippen LogP contribution in [0.15, 0.2) is 22.0 Å². The SMILES string of the molecule is CNC1CCCC1CCn1ccn(C)c(=O)c1=O. The Morgan fingerprint density at radius 1 is 1.28 bits per heavy atom. The summed E-state index contributed by atoms with van der Waals surface area (Å²) in [5.74, 6) is 0.617. The Labute approximate surface area is 106 Å². The summed E-state index contributed by atoms with van der Waals surface area (Å²) >= 11 is 0. The molecule has 1 N–H and O–H groups in total. The molecule has 0 radical (unpaired) electrons. The fraction of sp³-hybridized carbons (Fsp3) is 0.692. The minimum Gasteiger partial charge on any atom is -0.317 e. The maximum atomic E-state index is 11.8. The van der Waals surface area contributed by atoms with Crippen molar-refractivity contribution in [1.29, 1.82) is 0 Å². The van der Waals surface area contributed by atoms with Crippen molar-refractivity contribution in [3.8, 4) is 0 Å². The smallest absolute Gasteiger partial charge is 0.316 e. The van der Waals surface area contributed by atoms with Gasteiger partial charge in [0.05, 0.1) is 0 Å². The third kappa shape index (κ3) is 2.56. The van der Waals surface area contributed by atoms with E-state index in [2.05, 4.69) is 5.32 Å². The lowest BCUT2D eigenvalue weighted by Crippen LogP contribution is -2.40. The molecule has 0 spiro atoms. The second-order valence-electron chi connectivity index (χ2n) is 5.09. The van der Waals surface area contributed by atoms with Crippen molar-refractivity contribution in [3.05, 3.63) is 33.1 Å². The molecule has 1 aliphatic rings. The molecule has 1 fully saturated rings. The molecule has 5 nitrogen and oxygen atoms in total. The Morgan fingerprint density at radius 3 is 2.78 bits per heavy atom. The Hall–Kier alpha value is -1.36. The third-order valence-corrected chi connectivity index (χ3v) is 4.01. The van der Waals surface area contributed by atoms with Gasteiger partial charge in [-0.1, -0.05) is 6.42 Å². The van der Waals surface area contributed by atoms with E-state index in [0.29, 0.717) is 18.5 Å². The molecule has 5 heteroatoms. The largest absolute Gasteiger partial charge is 0.317 e. The van der Waals surface area contributed by atoms with Crippen molar-refractivity contribution in [3.63, 3.8) is 0 Å². The summed E-state index contributed by atoms with van der Waals surface area (Å²) in [6.07, 6.45) is 7.99. The van der Waals surface area contributed by atoms with Gasteiger partial charge in [0.25, 0.3) is 0 Å². The van der Waals surface area contributed by atoms with Gasteiger partial charge in [0.15, 0.2) is 0 Å². The standard InChI is InChI=1S/C13H21N3O2/c1-14-11-5-3-4-10(11)6-7-16-9-8-15(2)12(17)13(16)18/h8-11,14H,3-7H2,1-2H3. The summed E-state index contributed by atoms with van der Waals surface area (Å²) in [4.78, 5) is 23.3. The van der Waals surface area contributed by atoms with E-state index in [0.717, 1.165) is 6.42 Å². The first kappa shape index (κ1) is 13.1. The van der Waals surface area contributed by atoms with E-state index in [-0.39, 0.29) is 0 Å². The van der Waals surface area contributed by atoms with Crippen LogP contribution in [0.3, 0.4) is 0 Å². The molecule has 2 atom stereocenters. The van der Waals surface area contributed by atoms with Gasteiger partial charge in [0.2, 0.25) is 0 Å². The Kier molecular flexibility index (Phi) is 4.01. The van der Waals surface area contributed by atoms with Gasteiger partial charge < -0.3 is 14.5 Å². The van der Waals surface area contributed by atoms with Crippen molar-refractivity contribution < 1.29 is 0 Å². The van der Waals surface area contributed by atoms with Crippen LogP contribution in [0.4, 0.5) is 0 Å². The number of hydrogen-bond donors (Lipinski definition) is 1. The van der Waals surface area contributed by atoms with Gasteiger partial charge in [0.1, 0.15) is 0 Å². The normalized spacial score (nSPS) is 23.4.